The van der Waals surface area contributed by atoms with Crippen molar-refractivity contribution < 1.29 is 27.8 Å². The van der Waals surface area contributed by atoms with Crippen LogP contribution in [-0.2, 0) is 13.1 Å². The van der Waals surface area contributed by atoms with Crippen LogP contribution in [0, 0.1) is 24.7 Å². The Kier molecular flexibility index (Phi) is 12.9. The van der Waals surface area contributed by atoms with E-state index < -0.39 is 23.4 Å². The molecule has 0 unspecified atom stereocenters. The average molecular weight is 524 g/mol. The standard InChI is InChI=1S/C24H23F3NO2.C6H12O.Be/c1-16-21(24(26)27)12-13-22(23(16)25)28(14-17-4-8-19(29-2)9-5-17)15-18-6-10-20(30-3)11-7-18;1-5(2)6(3,4)7;/h4-11,13,24H,14-15H2,1-3H3;1-4H3;/q-1;-2;+2. The van der Waals surface area contributed by atoms with Crippen LogP contribution >= 0.6 is 0 Å². The molecule has 38 heavy (non-hydrogen) atoms. The molecule has 3 aromatic rings. The molecule has 0 aliphatic carbocycles. The van der Waals surface area contributed by atoms with Crippen molar-refractivity contribution in [3.8, 4) is 11.5 Å². The Morgan fingerprint density at radius 1 is 0.921 bits per heavy atom. The topological polar surface area (TPSA) is 44.8 Å². The molecule has 8 heteroatoms. The number of hydrogen-bond acceptors (Lipinski definition) is 4. The first-order chi connectivity index (χ1) is 17.4. The van der Waals surface area contributed by atoms with E-state index in [1.807, 2.05) is 62.4 Å². The molecular formula is C30H35BeF3NO3-. The molecule has 3 rings (SSSR count). The summed E-state index contributed by atoms with van der Waals surface area (Å²) in [4.78, 5) is 1.80. The maximum absolute atomic E-state index is 15.1. The first-order valence-electron chi connectivity index (χ1n) is 11.9. The van der Waals surface area contributed by atoms with Gasteiger partial charge in [0.15, 0.2) is 0 Å². The summed E-state index contributed by atoms with van der Waals surface area (Å²) in [6.07, 6.45) is -2.77. The van der Waals surface area contributed by atoms with Gasteiger partial charge in [0.25, 0.3) is 0 Å². The first-order valence-corrected chi connectivity index (χ1v) is 11.9. The van der Waals surface area contributed by atoms with Gasteiger partial charge in [-0.25, -0.2) is 13.2 Å². The van der Waals surface area contributed by atoms with Crippen molar-refractivity contribution in [2.24, 2.45) is 0 Å². The van der Waals surface area contributed by atoms with Gasteiger partial charge in [-0.2, -0.15) is 26.0 Å². The van der Waals surface area contributed by atoms with Gasteiger partial charge in [0.2, 0.25) is 6.43 Å². The molecule has 4 nitrogen and oxygen atoms in total. The number of rotatable bonds is 9. The molecule has 202 valence electrons. The van der Waals surface area contributed by atoms with Gasteiger partial charge in [0.1, 0.15) is 11.5 Å². The predicted molar refractivity (Wildman–Crippen MR) is 145 cm³/mol. The van der Waals surface area contributed by atoms with Gasteiger partial charge < -0.3 is 25.4 Å². The van der Waals surface area contributed by atoms with Gasteiger partial charge in [0, 0.05) is 18.9 Å². The predicted octanol–water partition coefficient (Wildman–Crippen LogP) is 6.45. The van der Waals surface area contributed by atoms with Gasteiger partial charge in [0.05, 0.1) is 14.2 Å². The molecule has 0 spiro atoms. The quantitative estimate of drug-likeness (QED) is 0.239. The van der Waals surface area contributed by atoms with Crippen LogP contribution < -0.4 is 19.5 Å². The third-order valence-electron chi connectivity index (χ3n) is 6.15. The Hall–Kier alpha value is -3.02. The van der Waals surface area contributed by atoms with Crippen LogP contribution in [0.1, 0.15) is 56.4 Å². The van der Waals surface area contributed by atoms with E-state index in [9.17, 15) is 13.9 Å². The second-order valence-electron chi connectivity index (χ2n) is 9.39. The van der Waals surface area contributed by atoms with Crippen LogP contribution in [0.4, 0.5) is 18.9 Å². The number of hydrogen-bond donors (Lipinski definition) is 0. The molecule has 3 aromatic carbocycles. The van der Waals surface area contributed by atoms with Gasteiger partial charge in [-0.15, -0.1) is 19.4 Å². The second-order valence-corrected chi connectivity index (χ2v) is 9.39. The normalized spacial score (nSPS) is 11.0. The van der Waals surface area contributed by atoms with Gasteiger partial charge in [-0.1, -0.05) is 36.8 Å². The minimum Gasteiger partial charge on any atom is -0.873 e. The number of ether oxygens (including phenoxy) is 2. The number of methoxy groups -OCH3 is 2. The molecule has 0 N–H and O–H groups in total. The van der Waals surface area contributed by atoms with E-state index in [-0.39, 0.29) is 21.4 Å². The summed E-state index contributed by atoms with van der Waals surface area (Å²) in [7, 11) is 3.17. The molecule has 0 atom stereocenters. The van der Waals surface area contributed by atoms with E-state index in [2.05, 4.69) is 6.07 Å². The molecule has 0 aliphatic heterocycles. The van der Waals surface area contributed by atoms with E-state index in [0.717, 1.165) is 28.5 Å². The van der Waals surface area contributed by atoms with Crippen LogP contribution in [0.2, 0.25) is 0 Å². The summed E-state index contributed by atoms with van der Waals surface area (Å²) in [5.41, 5.74) is 0.754. The zero-order chi connectivity index (χ0) is 27.8. The van der Waals surface area contributed by atoms with Crippen LogP contribution in [0.5, 0.6) is 11.5 Å². The summed E-state index contributed by atoms with van der Waals surface area (Å²) in [6, 6.07) is 18.7. The molecule has 0 amide bonds. The van der Waals surface area contributed by atoms with Crippen molar-refractivity contribution in [3.63, 3.8) is 0 Å². The maximum atomic E-state index is 15.1. The van der Waals surface area contributed by atoms with Crippen LogP contribution in [0.25, 0.3) is 0 Å². The Morgan fingerprint density at radius 2 is 1.32 bits per heavy atom. The van der Waals surface area contributed by atoms with Crippen molar-refractivity contribution >= 4 is 15.8 Å². The van der Waals surface area contributed by atoms with Crippen molar-refractivity contribution in [2.45, 2.75) is 59.7 Å². The molecule has 0 radical (unpaired) electrons. The smallest absolute Gasteiger partial charge is 0.873 e. The summed E-state index contributed by atoms with van der Waals surface area (Å²) in [5.74, 6) is 1.72. The minimum atomic E-state index is -2.77. The molecule has 0 heterocycles. The Labute approximate surface area is 228 Å². The number of alkyl halides is 2. The van der Waals surface area contributed by atoms with Crippen molar-refractivity contribution in [1.29, 1.82) is 0 Å². The van der Waals surface area contributed by atoms with Gasteiger partial charge in [-0.05, 0) is 41.1 Å². The number of nitrogens with zero attached hydrogens (tertiary/aromatic N) is 1. The average Bonchev–Trinajstić information content (AvgIpc) is 2.85. The second kappa shape index (κ2) is 14.8. The summed E-state index contributed by atoms with van der Waals surface area (Å²) >= 11 is 0. The third kappa shape index (κ3) is 9.37. The van der Waals surface area contributed by atoms with Crippen molar-refractivity contribution in [1.82, 2.24) is 0 Å². The molecule has 0 fully saturated rings. The van der Waals surface area contributed by atoms with E-state index in [4.69, 9.17) is 9.47 Å². The molecular weight excluding hydrogens is 488 g/mol. The number of benzene rings is 3. The Morgan fingerprint density at radius 3 is 1.63 bits per heavy atom. The van der Waals surface area contributed by atoms with Crippen LogP contribution in [0.15, 0.2) is 54.6 Å². The molecule has 0 aliphatic rings. The van der Waals surface area contributed by atoms with Crippen LogP contribution in [0.3, 0.4) is 0 Å². The fraction of sp³-hybridized carbons (Fsp3) is 0.367. The summed E-state index contributed by atoms with van der Waals surface area (Å²) < 4.78 is 51.7. The molecule has 0 aromatic heterocycles. The SMILES string of the molecule is COc1ccc(CN(Cc2ccc(OC)cc2)c2c[c-]c(C(F)F)c(C)c2F)cc1.C[C-](C)C(C)(C)[O-].[Be+2]. The monoisotopic (exact) mass is 523 g/mol. The van der Waals surface area contributed by atoms with E-state index in [0.29, 0.717) is 13.1 Å². The molecule has 0 saturated carbocycles. The minimum absolute atomic E-state index is 0. The van der Waals surface area contributed by atoms with E-state index in [1.54, 1.807) is 33.0 Å². The van der Waals surface area contributed by atoms with Gasteiger partial charge in [-0.3, -0.25) is 5.60 Å². The number of anilines is 1. The molecule has 0 saturated heterocycles. The molecule has 0 bridgehead atoms. The fourth-order valence-corrected chi connectivity index (χ4v) is 3.21. The Balaban J connectivity index is 0.000000797. The van der Waals surface area contributed by atoms with E-state index in [1.165, 1.54) is 13.0 Å². The maximum Gasteiger partial charge on any atom is 2.00 e. The van der Waals surface area contributed by atoms with Crippen molar-refractivity contribution in [2.75, 3.05) is 19.1 Å². The van der Waals surface area contributed by atoms with Gasteiger partial charge >= 0.3 is 10.1 Å². The summed E-state index contributed by atoms with van der Waals surface area (Å²) in [6.45, 7) is 9.17. The Bertz CT molecular complexity index is 1070. The zero-order valence-electron chi connectivity index (χ0n) is 23.2. The third-order valence-corrected chi connectivity index (χ3v) is 6.15. The largest absolute Gasteiger partial charge is 2.00 e. The van der Waals surface area contributed by atoms with Crippen molar-refractivity contribution in [3.05, 3.63) is 94.7 Å². The van der Waals surface area contributed by atoms with E-state index >= 15 is 4.39 Å². The fourth-order valence-electron chi connectivity index (χ4n) is 3.21. The zero-order valence-corrected chi connectivity index (χ0v) is 23.2. The first kappa shape index (κ1) is 33.0. The van der Waals surface area contributed by atoms with Crippen LogP contribution in [-0.4, -0.2) is 29.9 Å². The number of halogens is 3. The summed E-state index contributed by atoms with van der Waals surface area (Å²) in [5, 5.41) is 10.8.